The zero-order valence-corrected chi connectivity index (χ0v) is 9.70. The number of rotatable bonds is 2. The van der Waals surface area contributed by atoms with Crippen molar-refractivity contribution in [3.8, 4) is 0 Å². The Bertz CT molecular complexity index is 254. The maximum absolute atomic E-state index is 11.7. The van der Waals surface area contributed by atoms with Crippen molar-refractivity contribution in [3.63, 3.8) is 0 Å². The van der Waals surface area contributed by atoms with E-state index in [1.165, 1.54) is 0 Å². The highest BCUT2D eigenvalue weighted by Crippen LogP contribution is 2.29. The molecule has 86 valence electrons. The lowest BCUT2D eigenvalue weighted by molar-refractivity contribution is -0.130. The molecule has 2 unspecified atom stereocenters. The van der Waals surface area contributed by atoms with Gasteiger partial charge in [-0.25, -0.2) is 0 Å². The van der Waals surface area contributed by atoms with Gasteiger partial charge in [0.15, 0.2) is 0 Å². The van der Waals surface area contributed by atoms with Crippen molar-refractivity contribution < 1.29 is 9.90 Å². The second-order valence-corrected chi connectivity index (χ2v) is 5.71. The molecular formula is C12H21NO2. The van der Waals surface area contributed by atoms with Crippen LogP contribution in [0.25, 0.3) is 0 Å². The van der Waals surface area contributed by atoms with E-state index >= 15 is 0 Å². The van der Waals surface area contributed by atoms with Gasteiger partial charge < -0.3 is 5.11 Å². The molecule has 1 saturated carbocycles. The van der Waals surface area contributed by atoms with Crippen LogP contribution in [0.2, 0.25) is 0 Å². The van der Waals surface area contributed by atoms with Crippen LogP contribution in [0.3, 0.4) is 0 Å². The predicted octanol–water partition coefficient (Wildman–Crippen LogP) is 1.06. The van der Waals surface area contributed by atoms with Crippen LogP contribution in [0.5, 0.6) is 0 Å². The summed E-state index contributed by atoms with van der Waals surface area (Å²) in [6.07, 6.45) is 2.86. The third-order valence-electron chi connectivity index (χ3n) is 3.63. The minimum absolute atomic E-state index is 0.227. The molecule has 0 aromatic carbocycles. The number of carbonyl (C=O) groups excluding carboxylic acids is 1. The van der Waals surface area contributed by atoms with E-state index in [-0.39, 0.29) is 5.92 Å². The molecule has 1 heterocycles. The Kier molecular flexibility index (Phi) is 2.86. The summed E-state index contributed by atoms with van der Waals surface area (Å²) >= 11 is 0. The summed E-state index contributed by atoms with van der Waals surface area (Å²) in [6, 6.07) is 0. The molecule has 15 heavy (non-hydrogen) atoms. The van der Waals surface area contributed by atoms with Gasteiger partial charge >= 0.3 is 0 Å². The molecule has 1 N–H and O–H groups in total. The molecular weight excluding hydrogens is 190 g/mol. The van der Waals surface area contributed by atoms with Crippen molar-refractivity contribution in [3.05, 3.63) is 0 Å². The van der Waals surface area contributed by atoms with Gasteiger partial charge in [0.05, 0.1) is 5.60 Å². The zero-order chi connectivity index (χ0) is 11.1. The lowest BCUT2D eigenvalue weighted by atomic mass is 9.80. The molecule has 2 atom stereocenters. The highest BCUT2D eigenvalue weighted by Gasteiger charge is 2.39. The Balaban J connectivity index is 1.81. The maximum Gasteiger partial charge on any atom is 0.137 e. The number of hydrogen-bond donors (Lipinski definition) is 1. The minimum atomic E-state index is -0.511. The van der Waals surface area contributed by atoms with Gasteiger partial charge in [-0.3, -0.25) is 9.69 Å². The number of β-amino-alcohol motifs (C(OH)–C–C–N with tert-alkyl or cyclic N) is 1. The molecule has 0 spiro atoms. The largest absolute Gasteiger partial charge is 0.388 e. The van der Waals surface area contributed by atoms with E-state index in [0.29, 0.717) is 11.7 Å². The first-order chi connectivity index (χ1) is 6.96. The standard InChI is InChI=1S/C12H21NO2/c1-9-3-4-11(14)10(5-9)6-13-7-12(2,15)8-13/h9-10,15H,3-8H2,1-2H3. The summed E-state index contributed by atoms with van der Waals surface area (Å²) in [5.41, 5.74) is -0.511. The van der Waals surface area contributed by atoms with Crippen LogP contribution in [-0.4, -0.2) is 41.0 Å². The minimum Gasteiger partial charge on any atom is -0.388 e. The maximum atomic E-state index is 11.7. The van der Waals surface area contributed by atoms with Crippen LogP contribution in [0.1, 0.15) is 33.1 Å². The number of nitrogens with zero attached hydrogens (tertiary/aromatic N) is 1. The lowest BCUT2D eigenvalue weighted by Crippen LogP contribution is -2.61. The van der Waals surface area contributed by atoms with E-state index in [2.05, 4.69) is 11.8 Å². The highest BCUT2D eigenvalue weighted by atomic mass is 16.3. The SMILES string of the molecule is CC1CCC(=O)C(CN2CC(C)(O)C2)C1. The fraction of sp³-hybridized carbons (Fsp3) is 0.917. The second kappa shape index (κ2) is 3.87. The van der Waals surface area contributed by atoms with Crippen LogP contribution in [0, 0.1) is 11.8 Å². The summed E-state index contributed by atoms with van der Waals surface area (Å²) in [5, 5.41) is 9.60. The van der Waals surface area contributed by atoms with Gasteiger partial charge in [0, 0.05) is 32.0 Å². The zero-order valence-electron chi connectivity index (χ0n) is 9.70. The lowest BCUT2D eigenvalue weighted by Gasteiger charge is -2.46. The first kappa shape index (κ1) is 11.1. The number of aliphatic hydroxyl groups is 1. The van der Waals surface area contributed by atoms with Crippen LogP contribution in [0.15, 0.2) is 0 Å². The Morgan fingerprint density at radius 2 is 2.20 bits per heavy atom. The van der Waals surface area contributed by atoms with E-state index in [9.17, 15) is 9.90 Å². The van der Waals surface area contributed by atoms with Crippen LogP contribution in [0.4, 0.5) is 0 Å². The molecule has 1 aliphatic carbocycles. The fourth-order valence-corrected chi connectivity index (χ4v) is 2.86. The number of Topliss-reactive ketones (excluding diaryl/α,β-unsaturated/α-hetero) is 1. The van der Waals surface area contributed by atoms with Crippen LogP contribution in [-0.2, 0) is 4.79 Å². The summed E-state index contributed by atoms with van der Waals surface area (Å²) in [7, 11) is 0. The quantitative estimate of drug-likeness (QED) is 0.742. The summed E-state index contributed by atoms with van der Waals surface area (Å²) in [6.45, 7) is 6.40. The number of carbonyl (C=O) groups is 1. The van der Waals surface area contributed by atoms with E-state index in [1.807, 2.05) is 6.92 Å². The first-order valence-electron chi connectivity index (χ1n) is 5.94. The van der Waals surface area contributed by atoms with Gasteiger partial charge in [0.2, 0.25) is 0 Å². The Morgan fingerprint density at radius 1 is 1.53 bits per heavy atom. The van der Waals surface area contributed by atoms with Gasteiger partial charge in [-0.1, -0.05) is 6.92 Å². The first-order valence-corrected chi connectivity index (χ1v) is 5.94. The van der Waals surface area contributed by atoms with Crippen molar-refractivity contribution >= 4 is 5.78 Å². The molecule has 0 amide bonds. The molecule has 0 bridgehead atoms. The Labute approximate surface area is 91.5 Å². The van der Waals surface area contributed by atoms with E-state index in [4.69, 9.17) is 0 Å². The molecule has 0 aromatic rings. The van der Waals surface area contributed by atoms with Gasteiger partial charge in [0.25, 0.3) is 0 Å². The van der Waals surface area contributed by atoms with Gasteiger partial charge in [-0.15, -0.1) is 0 Å². The Morgan fingerprint density at radius 3 is 2.80 bits per heavy atom. The number of likely N-dealkylation sites (tertiary alicyclic amines) is 1. The number of ketones is 1. The van der Waals surface area contributed by atoms with Crippen molar-refractivity contribution in [1.82, 2.24) is 4.90 Å². The van der Waals surface area contributed by atoms with Crippen molar-refractivity contribution in [2.24, 2.45) is 11.8 Å². The molecule has 0 aromatic heterocycles. The molecule has 3 heteroatoms. The summed E-state index contributed by atoms with van der Waals surface area (Å²) in [5.74, 6) is 1.35. The van der Waals surface area contributed by atoms with Crippen molar-refractivity contribution in [2.45, 2.75) is 38.7 Å². The van der Waals surface area contributed by atoms with E-state index < -0.39 is 5.60 Å². The molecule has 2 aliphatic rings. The van der Waals surface area contributed by atoms with Crippen molar-refractivity contribution in [2.75, 3.05) is 19.6 Å². The third-order valence-corrected chi connectivity index (χ3v) is 3.63. The smallest absolute Gasteiger partial charge is 0.137 e. The molecule has 2 rings (SSSR count). The predicted molar refractivity (Wildman–Crippen MR) is 58.6 cm³/mol. The van der Waals surface area contributed by atoms with Crippen molar-refractivity contribution in [1.29, 1.82) is 0 Å². The van der Waals surface area contributed by atoms with Crippen LogP contribution < -0.4 is 0 Å². The molecule has 1 saturated heterocycles. The van der Waals surface area contributed by atoms with E-state index in [1.54, 1.807) is 0 Å². The average molecular weight is 211 g/mol. The average Bonchev–Trinajstić information content (AvgIpc) is 2.08. The normalized spacial score (nSPS) is 36.3. The fourth-order valence-electron chi connectivity index (χ4n) is 2.86. The van der Waals surface area contributed by atoms with Crippen LogP contribution >= 0.6 is 0 Å². The second-order valence-electron chi connectivity index (χ2n) is 5.71. The van der Waals surface area contributed by atoms with E-state index in [0.717, 1.165) is 38.9 Å². The van der Waals surface area contributed by atoms with Gasteiger partial charge in [-0.2, -0.15) is 0 Å². The number of hydrogen-bond acceptors (Lipinski definition) is 3. The van der Waals surface area contributed by atoms with Gasteiger partial charge in [-0.05, 0) is 25.7 Å². The summed E-state index contributed by atoms with van der Waals surface area (Å²) in [4.78, 5) is 13.9. The third kappa shape index (κ3) is 2.58. The molecule has 1 aliphatic heterocycles. The topological polar surface area (TPSA) is 40.5 Å². The molecule has 3 nitrogen and oxygen atoms in total. The molecule has 2 fully saturated rings. The molecule has 0 radical (unpaired) electrons. The summed E-state index contributed by atoms with van der Waals surface area (Å²) < 4.78 is 0. The highest BCUT2D eigenvalue weighted by molar-refractivity contribution is 5.81. The van der Waals surface area contributed by atoms with Gasteiger partial charge in [0.1, 0.15) is 5.78 Å². The monoisotopic (exact) mass is 211 g/mol. The Hall–Kier alpha value is -0.410.